The minimum Gasteiger partial charge on any atom is -0.298 e. The van der Waals surface area contributed by atoms with Gasteiger partial charge in [-0.2, -0.15) is 0 Å². The molecule has 0 radical (unpaired) electrons. The number of halogens is 1. The van der Waals surface area contributed by atoms with E-state index in [1.54, 1.807) is 0 Å². The number of hydrogen-bond acceptors (Lipinski definition) is 1. The Kier molecular flexibility index (Phi) is 2.53. The molecular formula is C9H18FN. The summed E-state index contributed by atoms with van der Waals surface area (Å²) in [5.74, 6) is 1.13. The Hall–Kier alpha value is -0.110. The van der Waals surface area contributed by atoms with E-state index >= 15 is 0 Å². The highest BCUT2D eigenvalue weighted by Gasteiger charge is 2.39. The molecule has 1 saturated heterocycles. The Balaban J connectivity index is 2.69. The Bertz CT molecular complexity index is 124. The van der Waals surface area contributed by atoms with E-state index in [1.165, 1.54) is 0 Å². The summed E-state index contributed by atoms with van der Waals surface area (Å²) in [5, 5.41) is 0. The minimum atomic E-state index is -0.202. The van der Waals surface area contributed by atoms with Gasteiger partial charge in [0.1, 0.15) is 6.67 Å². The maximum absolute atomic E-state index is 12.5. The lowest BCUT2D eigenvalue weighted by Gasteiger charge is -2.21. The fourth-order valence-corrected chi connectivity index (χ4v) is 2.08. The van der Waals surface area contributed by atoms with Gasteiger partial charge in [-0.1, -0.05) is 13.8 Å². The van der Waals surface area contributed by atoms with Gasteiger partial charge in [0.2, 0.25) is 0 Å². The van der Waals surface area contributed by atoms with Gasteiger partial charge in [0.05, 0.1) is 0 Å². The maximum atomic E-state index is 12.5. The summed E-state index contributed by atoms with van der Waals surface area (Å²) in [6, 6.07) is 0.686. The van der Waals surface area contributed by atoms with E-state index in [2.05, 4.69) is 25.7 Å². The Labute approximate surface area is 68.6 Å². The van der Waals surface area contributed by atoms with Crippen LogP contribution in [0.3, 0.4) is 0 Å². The van der Waals surface area contributed by atoms with Crippen LogP contribution in [-0.4, -0.2) is 30.7 Å². The molecule has 0 aliphatic carbocycles. The van der Waals surface area contributed by atoms with Crippen LogP contribution in [0.2, 0.25) is 0 Å². The molecule has 0 N–H and O–H groups in total. The third kappa shape index (κ3) is 1.28. The van der Waals surface area contributed by atoms with Crippen molar-refractivity contribution < 1.29 is 4.39 Å². The summed E-state index contributed by atoms with van der Waals surface area (Å²) >= 11 is 0. The van der Waals surface area contributed by atoms with Crippen LogP contribution in [0.15, 0.2) is 0 Å². The quantitative estimate of drug-likeness (QED) is 0.565. The van der Waals surface area contributed by atoms with Crippen LogP contribution in [0.4, 0.5) is 4.39 Å². The van der Waals surface area contributed by atoms with Crippen LogP contribution in [0, 0.1) is 11.8 Å². The van der Waals surface area contributed by atoms with Crippen LogP contribution in [0.25, 0.3) is 0 Å². The van der Waals surface area contributed by atoms with Crippen molar-refractivity contribution in [1.29, 1.82) is 0 Å². The lowest BCUT2D eigenvalue weighted by atomic mass is 9.91. The topological polar surface area (TPSA) is 3.24 Å². The van der Waals surface area contributed by atoms with Crippen molar-refractivity contribution in [3.05, 3.63) is 0 Å². The van der Waals surface area contributed by atoms with Gasteiger partial charge >= 0.3 is 0 Å². The fourth-order valence-electron chi connectivity index (χ4n) is 2.08. The second-order valence-corrected chi connectivity index (χ2v) is 3.85. The van der Waals surface area contributed by atoms with Gasteiger partial charge in [-0.05, 0) is 25.8 Å². The number of likely N-dealkylation sites (tertiary alicyclic amines) is 1. The van der Waals surface area contributed by atoms with Gasteiger partial charge in [-0.25, -0.2) is 4.39 Å². The van der Waals surface area contributed by atoms with Gasteiger partial charge in [0.25, 0.3) is 0 Å². The maximum Gasteiger partial charge on any atom is 0.105 e. The molecule has 1 nitrogen and oxygen atoms in total. The van der Waals surface area contributed by atoms with Gasteiger partial charge in [-0.3, -0.25) is 4.90 Å². The Morgan fingerprint density at radius 2 is 1.73 bits per heavy atom. The molecule has 0 saturated carbocycles. The van der Waals surface area contributed by atoms with Crippen molar-refractivity contribution >= 4 is 0 Å². The molecule has 0 aromatic carbocycles. The van der Waals surface area contributed by atoms with Crippen molar-refractivity contribution in [3.8, 4) is 0 Å². The molecule has 0 bridgehead atoms. The molecule has 4 atom stereocenters. The van der Waals surface area contributed by atoms with E-state index < -0.39 is 0 Å². The number of rotatable bonds is 1. The molecule has 0 amide bonds. The molecular weight excluding hydrogens is 141 g/mol. The molecule has 2 heteroatoms. The van der Waals surface area contributed by atoms with Gasteiger partial charge in [0, 0.05) is 12.1 Å². The highest BCUT2D eigenvalue weighted by Crippen LogP contribution is 2.33. The number of hydrogen-bond donors (Lipinski definition) is 0. The zero-order chi connectivity index (χ0) is 8.59. The van der Waals surface area contributed by atoms with E-state index in [0.717, 1.165) is 0 Å². The standard InChI is InChI=1S/C9H18FN/c1-6-7(2)9(5-10)11(4)8(6)3/h6-9H,5H2,1-4H3/t6-,7+,8-,9+/m1/s1. The molecule has 0 spiro atoms. The van der Waals surface area contributed by atoms with Gasteiger partial charge in [0.15, 0.2) is 0 Å². The average molecular weight is 159 g/mol. The lowest BCUT2D eigenvalue weighted by Crippen LogP contribution is -2.33. The minimum absolute atomic E-state index is 0.153. The first-order valence-electron chi connectivity index (χ1n) is 4.37. The predicted octanol–water partition coefficient (Wildman–Crippen LogP) is 1.93. The van der Waals surface area contributed by atoms with Crippen molar-refractivity contribution in [2.45, 2.75) is 32.9 Å². The summed E-state index contributed by atoms with van der Waals surface area (Å²) in [5.41, 5.74) is 0. The fraction of sp³-hybridized carbons (Fsp3) is 1.00. The molecule has 1 aliphatic heterocycles. The molecule has 66 valence electrons. The molecule has 1 heterocycles. The molecule has 1 rings (SSSR count). The van der Waals surface area contributed by atoms with E-state index in [4.69, 9.17) is 0 Å². The van der Waals surface area contributed by atoms with Crippen molar-refractivity contribution in [3.63, 3.8) is 0 Å². The summed E-state index contributed by atoms with van der Waals surface area (Å²) in [6.45, 7) is 6.33. The van der Waals surface area contributed by atoms with Crippen LogP contribution in [-0.2, 0) is 0 Å². The zero-order valence-corrected chi connectivity index (χ0v) is 7.84. The van der Waals surface area contributed by atoms with E-state index in [1.807, 2.05) is 7.05 Å². The Morgan fingerprint density at radius 1 is 1.18 bits per heavy atom. The van der Waals surface area contributed by atoms with Crippen molar-refractivity contribution in [2.24, 2.45) is 11.8 Å². The second kappa shape index (κ2) is 3.10. The smallest absolute Gasteiger partial charge is 0.105 e. The highest BCUT2D eigenvalue weighted by molar-refractivity contribution is 4.92. The van der Waals surface area contributed by atoms with Crippen LogP contribution < -0.4 is 0 Å². The van der Waals surface area contributed by atoms with E-state index in [0.29, 0.717) is 17.9 Å². The van der Waals surface area contributed by atoms with Crippen LogP contribution in [0.5, 0.6) is 0 Å². The zero-order valence-electron chi connectivity index (χ0n) is 7.84. The average Bonchev–Trinajstić information content (AvgIpc) is 2.17. The molecule has 0 unspecified atom stereocenters. The third-order valence-corrected chi connectivity index (χ3v) is 3.52. The first kappa shape index (κ1) is 8.98. The van der Waals surface area contributed by atoms with Gasteiger partial charge in [-0.15, -0.1) is 0 Å². The van der Waals surface area contributed by atoms with Crippen molar-refractivity contribution in [2.75, 3.05) is 13.7 Å². The largest absolute Gasteiger partial charge is 0.298 e. The van der Waals surface area contributed by atoms with Gasteiger partial charge < -0.3 is 0 Å². The number of nitrogens with zero attached hydrogens (tertiary/aromatic N) is 1. The molecule has 1 aliphatic rings. The number of alkyl halides is 1. The predicted molar refractivity (Wildman–Crippen MR) is 45.3 cm³/mol. The monoisotopic (exact) mass is 159 g/mol. The molecule has 11 heavy (non-hydrogen) atoms. The second-order valence-electron chi connectivity index (χ2n) is 3.85. The first-order chi connectivity index (χ1) is 5.09. The summed E-state index contributed by atoms with van der Waals surface area (Å²) in [7, 11) is 2.02. The Morgan fingerprint density at radius 3 is 1.91 bits per heavy atom. The van der Waals surface area contributed by atoms with E-state index in [9.17, 15) is 4.39 Å². The van der Waals surface area contributed by atoms with Crippen LogP contribution >= 0.6 is 0 Å². The molecule has 0 aromatic heterocycles. The third-order valence-electron chi connectivity index (χ3n) is 3.52. The molecule has 1 fully saturated rings. The summed E-state index contributed by atoms with van der Waals surface area (Å²) in [6.07, 6.45) is 0. The summed E-state index contributed by atoms with van der Waals surface area (Å²) in [4.78, 5) is 2.16. The SMILES string of the molecule is C[C@@H]1[C@H](C)[C@H](CF)N(C)[C@@H]1C. The van der Waals surface area contributed by atoms with Crippen molar-refractivity contribution in [1.82, 2.24) is 4.90 Å². The van der Waals surface area contributed by atoms with Crippen LogP contribution in [0.1, 0.15) is 20.8 Å². The first-order valence-corrected chi connectivity index (χ1v) is 4.37. The highest BCUT2D eigenvalue weighted by atomic mass is 19.1. The normalized spacial score (nSPS) is 46.6. The lowest BCUT2D eigenvalue weighted by molar-refractivity contribution is 0.197. The van der Waals surface area contributed by atoms with E-state index in [-0.39, 0.29) is 12.7 Å². The summed E-state index contributed by atoms with van der Waals surface area (Å²) < 4.78 is 12.5. The molecule has 0 aromatic rings.